The minimum absolute atomic E-state index is 0.164. The summed E-state index contributed by atoms with van der Waals surface area (Å²) in [6.45, 7) is 2.77. The smallest absolute Gasteiger partial charge is 0.292 e. The Labute approximate surface area is 167 Å². The van der Waals surface area contributed by atoms with Crippen molar-refractivity contribution in [2.75, 3.05) is 36.0 Å². The summed E-state index contributed by atoms with van der Waals surface area (Å²) in [6.07, 6.45) is 1.64. The van der Waals surface area contributed by atoms with Gasteiger partial charge in [0, 0.05) is 26.2 Å². The van der Waals surface area contributed by atoms with Crippen LogP contribution in [0.25, 0.3) is 5.69 Å². The highest BCUT2D eigenvalue weighted by molar-refractivity contribution is 6.33. The van der Waals surface area contributed by atoms with Crippen molar-refractivity contribution < 1.29 is 0 Å². The Morgan fingerprint density at radius 3 is 2.39 bits per heavy atom. The number of halogens is 1. The number of anilines is 2. The second kappa shape index (κ2) is 7.71. The minimum Gasteiger partial charge on any atom is -0.365 e. The van der Waals surface area contributed by atoms with Crippen molar-refractivity contribution in [2.24, 2.45) is 0 Å². The van der Waals surface area contributed by atoms with Gasteiger partial charge in [0.2, 0.25) is 0 Å². The lowest BCUT2D eigenvalue weighted by molar-refractivity contribution is 0.643. The molecule has 3 aromatic rings. The fourth-order valence-corrected chi connectivity index (χ4v) is 3.48. The maximum Gasteiger partial charge on any atom is 0.292 e. The molecule has 0 aliphatic carbocycles. The summed E-state index contributed by atoms with van der Waals surface area (Å²) in [6, 6.07) is 16.7. The number of pyridine rings is 1. The standard InChI is InChI=1S/C20H17ClN6O/c21-19-17(14-23-27(20(19)28)16-6-2-1-3-7-16)25-9-11-26(12-10-25)18-8-4-5-15(13-22)24-18/h1-8,14H,9-12H2. The molecule has 0 bridgehead atoms. The Morgan fingerprint density at radius 1 is 0.964 bits per heavy atom. The molecule has 0 saturated carbocycles. The van der Waals surface area contributed by atoms with Gasteiger partial charge in [0.15, 0.2) is 0 Å². The number of para-hydroxylation sites is 1. The molecule has 1 aliphatic rings. The van der Waals surface area contributed by atoms with Gasteiger partial charge in [0.05, 0.1) is 17.6 Å². The van der Waals surface area contributed by atoms with Crippen molar-refractivity contribution in [1.29, 1.82) is 5.26 Å². The monoisotopic (exact) mass is 392 g/mol. The molecule has 0 spiro atoms. The first-order chi connectivity index (χ1) is 13.7. The Hall–Kier alpha value is -3.37. The molecule has 1 fully saturated rings. The zero-order valence-electron chi connectivity index (χ0n) is 15.0. The maximum atomic E-state index is 12.7. The number of nitriles is 1. The van der Waals surface area contributed by atoms with Gasteiger partial charge in [-0.05, 0) is 24.3 Å². The molecule has 2 aromatic heterocycles. The van der Waals surface area contributed by atoms with Gasteiger partial charge >= 0.3 is 0 Å². The first-order valence-electron chi connectivity index (χ1n) is 8.87. The minimum atomic E-state index is -0.337. The molecule has 8 heteroatoms. The van der Waals surface area contributed by atoms with Crippen molar-refractivity contribution in [3.63, 3.8) is 0 Å². The van der Waals surface area contributed by atoms with Gasteiger partial charge in [0.1, 0.15) is 22.6 Å². The molecule has 140 valence electrons. The van der Waals surface area contributed by atoms with E-state index in [1.807, 2.05) is 42.5 Å². The van der Waals surface area contributed by atoms with Crippen LogP contribution in [0.4, 0.5) is 11.5 Å². The third-order valence-corrected chi connectivity index (χ3v) is 5.05. The molecule has 7 nitrogen and oxygen atoms in total. The Kier molecular flexibility index (Phi) is 4.96. The Balaban J connectivity index is 1.53. The summed E-state index contributed by atoms with van der Waals surface area (Å²) < 4.78 is 1.30. The van der Waals surface area contributed by atoms with Crippen LogP contribution in [0, 0.1) is 11.3 Å². The molecule has 0 N–H and O–H groups in total. The molecule has 28 heavy (non-hydrogen) atoms. The third-order valence-electron chi connectivity index (χ3n) is 4.69. The molecular weight excluding hydrogens is 376 g/mol. The predicted molar refractivity (Wildman–Crippen MR) is 108 cm³/mol. The summed E-state index contributed by atoms with van der Waals surface area (Å²) in [5, 5.41) is 13.5. The zero-order valence-corrected chi connectivity index (χ0v) is 15.8. The number of hydrogen-bond acceptors (Lipinski definition) is 6. The van der Waals surface area contributed by atoms with Crippen LogP contribution >= 0.6 is 11.6 Å². The zero-order chi connectivity index (χ0) is 19.5. The van der Waals surface area contributed by atoms with Crippen LogP contribution in [0.1, 0.15) is 5.69 Å². The fourth-order valence-electron chi connectivity index (χ4n) is 3.24. The second-order valence-electron chi connectivity index (χ2n) is 6.36. The highest BCUT2D eigenvalue weighted by Gasteiger charge is 2.22. The van der Waals surface area contributed by atoms with Crippen LogP contribution in [-0.2, 0) is 0 Å². The molecular formula is C20H17ClN6O. The first kappa shape index (κ1) is 18.0. The summed E-state index contributed by atoms with van der Waals surface area (Å²) in [4.78, 5) is 21.2. The molecule has 0 atom stereocenters. The molecule has 3 heterocycles. The summed E-state index contributed by atoms with van der Waals surface area (Å²) in [5.74, 6) is 0.780. The number of hydrogen-bond donors (Lipinski definition) is 0. The van der Waals surface area contributed by atoms with Gasteiger partial charge in [-0.25, -0.2) is 4.98 Å². The van der Waals surface area contributed by atoms with Crippen LogP contribution in [0.2, 0.25) is 5.02 Å². The topological polar surface area (TPSA) is 78.0 Å². The van der Waals surface area contributed by atoms with Crippen LogP contribution in [0.5, 0.6) is 0 Å². The molecule has 0 radical (unpaired) electrons. The number of aromatic nitrogens is 3. The highest BCUT2D eigenvalue weighted by Crippen LogP contribution is 2.24. The van der Waals surface area contributed by atoms with Gasteiger partial charge in [-0.1, -0.05) is 35.9 Å². The lowest BCUT2D eigenvalue weighted by atomic mass is 10.2. The number of nitrogens with zero attached hydrogens (tertiary/aromatic N) is 6. The molecule has 4 rings (SSSR count). The van der Waals surface area contributed by atoms with Crippen LogP contribution in [0.3, 0.4) is 0 Å². The van der Waals surface area contributed by atoms with Crippen LogP contribution in [-0.4, -0.2) is 40.9 Å². The van der Waals surface area contributed by atoms with E-state index in [0.29, 0.717) is 43.2 Å². The van der Waals surface area contributed by atoms with E-state index >= 15 is 0 Å². The van der Waals surface area contributed by atoms with Crippen molar-refractivity contribution in [2.45, 2.75) is 0 Å². The SMILES string of the molecule is N#Cc1cccc(N2CCN(c3cnn(-c4ccccc4)c(=O)c3Cl)CC2)n1. The number of benzene rings is 1. The average Bonchev–Trinajstić information content (AvgIpc) is 2.76. The van der Waals surface area contributed by atoms with E-state index in [9.17, 15) is 4.79 Å². The van der Waals surface area contributed by atoms with Gasteiger partial charge in [-0.3, -0.25) is 4.79 Å². The van der Waals surface area contributed by atoms with E-state index in [2.05, 4.69) is 26.0 Å². The van der Waals surface area contributed by atoms with E-state index in [1.165, 1.54) is 4.68 Å². The number of piperazine rings is 1. The second-order valence-corrected chi connectivity index (χ2v) is 6.74. The average molecular weight is 393 g/mol. The van der Waals surface area contributed by atoms with E-state index < -0.39 is 0 Å². The molecule has 1 aliphatic heterocycles. The lowest BCUT2D eigenvalue weighted by Crippen LogP contribution is -2.47. The molecule has 1 aromatic carbocycles. The lowest BCUT2D eigenvalue weighted by Gasteiger charge is -2.36. The molecule has 1 saturated heterocycles. The fraction of sp³-hybridized carbons (Fsp3) is 0.200. The molecule has 0 amide bonds. The van der Waals surface area contributed by atoms with Crippen molar-refractivity contribution in [3.8, 4) is 11.8 Å². The highest BCUT2D eigenvalue weighted by atomic mass is 35.5. The summed E-state index contributed by atoms with van der Waals surface area (Å²) in [5.41, 5.74) is 1.37. The quantitative estimate of drug-likeness (QED) is 0.681. The maximum absolute atomic E-state index is 12.7. The van der Waals surface area contributed by atoms with Crippen molar-refractivity contribution in [1.82, 2.24) is 14.8 Å². The van der Waals surface area contributed by atoms with E-state index in [4.69, 9.17) is 16.9 Å². The van der Waals surface area contributed by atoms with Gasteiger partial charge in [-0.2, -0.15) is 15.0 Å². The van der Waals surface area contributed by atoms with Crippen molar-refractivity contribution >= 4 is 23.1 Å². The van der Waals surface area contributed by atoms with E-state index in [1.54, 1.807) is 12.3 Å². The first-order valence-corrected chi connectivity index (χ1v) is 9.25. The van der Waals surface area contributed by atoms with E-state index in [-0.39, 0.29) is 10.6 Å². The predicted octanol–water partition coefficient (Wildman–Crippen LogP) is 2.48. The Morgan fingerprint density at radius 2 is 1.68 bits per heavy atom. The normalized spacial score (nSPS) is 14.0. The third kappa shape index (κ3) is 3.42. The Bertz CT molecular complexity index is 1080. The molecule has 0 unspecified atom stereocenters. The van der Waals surface area contributed by atoms with Crippen molar-refractivity contribution in [3.05, 3.63) is 75.8 Å². The van der Waals surface area contributed by atoms with Gasteiger partial charge in [-0.15, -0.1) is 0 Å². The number of rotatable bonds is 3. The van der Waals surface area contributed by atoms with Crippen LogP contribution in [0.15, 0.2) is 59.5 Å². The van der Waals surface area contributed by atoms with E-state index in [0.717, 1.165) is 5.82 Å². The van der Waals surface area contributed by atoms with Gasteiger partial charge in [0.25, 0.3) is 5.56 Å². The van der Waals surface area contributed by atoms with Gasteiger partial charge < -0.3 is 9.80 Å². The van der Waals surface area contributed by atoms with Crippen LogP contribution < -0.4 is 15.4 Å². The summed E-state index contributed by atoms with van der Waals surface area (Å²) in [7, 11) is 0. The summed E-state index contributed by atoms with van der Waals surface area (Å²) >= 11 is 6.40. The largest absolute Gasteiger partial charge is 0.365 e.